The molecule has 162 valence electrons. The van der Waals surface area contributed by atoms with Crippen LogP contribution >= 0.6 is 27.5 Å². The molecule has 2 amide bonds. The number of carbonyl (C=O) groups excluding carboxylic acids is 2. The summed E-state index contributed by atoms with van der Waals surface area (Å²) in [6.45, 7) is 13.6. The molecule has 6 nitrogen and oxygen atoms in total. The SMILES string of the molecule is CC1C(c2cc(Cl)cc(Br)c2)N(C(=O)OC(C)(C)C)CCN1C(=O)OC(C)(C)C. The predicted molar refractivity (Wildman–Crippen MR) is 117 cm³/mol. The Morgan fingerprint density at radius 1 is 0.966 bits per heavy atom. The monoisotopic (exact) mass is 488 g/mol. The number of rotatable bonds is 1. The lowest BCUT2D eigenvalue weighted by Gasteiger charge is -2.46. The van der Waals surface area contributed by atoms with Crippen molar-refractivity contribution in [3.8, 4) is 0 Å². The Hall–Kier alpha value is -1.47. The molecule has 2 atom stereocenters. The molecule has 1 fully saturated rings. The Morgan fingerprint density at radius 2 is 1.45 bits per heavy atom. The summed E-state index contributed by atoms with van der Waals surface area (Å²) in [5.41, 5.74) is -0.411. The molecule has 0 bridgehead atoms. The number of nitrogens with zero attached hydrogens (tertiary/aromatic N) is 2. The second kappa shape index (κ2) is 8.72. The van der Waals surface area contributed by atoms with Crippen molar-refractivity contribution in [1.29, 1.82) is 0 Å². The molecule has 0 saturated carbocycles. The fraction of sp³-hybridized carbons (Fsp3) is 0.619. The van der Waals surface area contributed by atoms with E-state index < -0.39 is 29.4 Å². The molecule has 1 aliphatic rings. The van der Waals surface area contributed by atoms with Gasteiger partial charge in [0.15, 0.2) is 0 Å². The highest BCUT2D eigenvalue weighted by Gasteiger charge is 2.42. The van der Waals surface area contributed by atoms with Gasteiger partial charge >= 0.3 is 12.2 Å². The number of piperazine rings is 1. The highest BCUT2D eigenvalue weighted by atomic mass is 79.9. The first-order chi connectivity index (χ1) is 13.2. The minimum atomic E-state index is -0.623. The fourth-order valence-corrected chi connectivity index (χ4v) is 4.18. The maximum Gasteiger partial charge on any atom is 0.410 e. The van der Waals surface area contributed by atoms with Crippen LogP contribution < -0.4 is 0 Å². The van der Waals surface area contributed by atoms with E-state index in [2.05, 4.69) is 15.9 Å². The van der Waals surface area contributed by atoms with E-state index in [9.17, 15) is 9.59 Å². The fourth-order valence-electron chi connectivity index (χ4n) is 3.30. The first-order valence-electron chi connectivity index (χ1n) is 9.63. The molecule has 8 heteroatoms. The second-order valence-corrected chi connectivity index (χ2v) is 10.6. The van der Waals surface area contributed by atoms with Gasteiger partial charge in [-0.1, -0.05) is 27.5 Å². The van der Waals surface area contributed by atoms with Crippen LogP contribution in [0, 0.1) is 0 Å². The Labute approximate surface area is 186 Å². The number of halogens is 2. The summed E-state index contributed by atoms with van der Waals surface area (Å²) in [5.74, 6) is 0. The van der Waals surface area contributed by atoms with Crippen LogP contribution in [0.4, 0.5) is 9.59 Å². The standard InChI is InChI=1S/C21H30BrClN2O4/c1-13-17(14-10-15(22)12-16(23)11-14)25(19(27)29-21(5,6)7)9-8-24(13)18(26)28-20(2,3)4/h10-13,17H,8-9H2,1-7H3. The lowest BCUT2D eigenvalue weighted by molar-refractivity contribution is -0.0313. The molecule has 0 aromatic heterocycles. The average molecular weight is 490 g/mol. The van der Waals surface area contributed by atoms with Crippen LogP contribution in [0.1, 0.15) is 60.1 Å². The lowest BCUT2D eigenvalue weighted by Crippen LogP contribution is -2.58. The number of carbonyl (C=O) groups is 2. The summed E-state index contributed by atoms with van der Waals surface area (Å²) < 4.78 is 12.0. The third kappa shape index (κ3) is 6.51. The second-order valence-electron chi connectivity index (χ2n) is 9.24. The van der Waals surface area contributed by atoms with Crippen LogP contribution in [0.25, 0.3) is 0 Å². The zero-order valence-corrected chi connectivity index (χ0v) is 20.4. The van der Waals surface area contributed by atoms with Gasteiger partial charge in [0.25, 0.3) is 0 Å². The van der Waals surface area contributed by atoms with Crippen LogP contribution in [-0.2, 0) is 9.47 Å². The van der Waals surface area contributed by atoms with Gasteiger partial charge in [0.1, 0.15) is 11.2 Å². The summed E-state index contributed by atoms with van der Waals surface area (Å²) in [6, 6.07) is 4.73. The first-order valence-corrected chi connectivity index (χ1v) is 10.8. The molecule has 1 saturated heterocycles. The van der Waals surface area contributed by atoms with Crippen molar-refractivity contribution in [3.05, 3.63) is 33.3 Å². The smallest absolute Gasteiger partial charge is 0.410 e. The predicted octanol–water partition coefficient (Wildman–Crippen LogP) is 6.02. The van der Waals surface area contributed by atoms with Crippen LogP contribution in [0.2, 0.25) is 5.02 Å². The van der Waals surface area contributed by atoms with Crippen LogP contribution in [0.5, 0.6) is 0 Å². The van der Waals surface area contributed by atoms with Gasteiger partial charge in [-0.3, -0.25) is 4.90 Å². The zero-order chi connectivity index (χ0) is 22.1. The molecule has 0 N–H and O–H groups in total. The summed E-state index contributed by atoms with van der Waals surface area (Å²) >= 11 is 9.73. The van der Waals surface area contributed by atoms with Crippen molar-refractivity contribution in [1.82, 2.24) is 9.80 Å². The van der Waals surface area contributed by atoms with Crippen LogP contribution in [0.15, 0.2) is 22.7 Å². The molecule has 0 aliphatic carbocycles. The minimum Gasteiger partial charge on any atom is -0.444 e. The molecule has 0 spiro atoms. The molecule has 1 aliphatic heterocycles. The Balaban J connectivity index is 2.41. The van der Waals surface area contributed by atoms with Gasteiger partial charge in [0, 0.05) is 22.6 Å². The van der Waals surface area contributed by atoms with Crippen LogP contribution in [-0.4, -0.2) is 52.3 Å². The van der Waals surface area contributed by atoms with E-state index in [0.717, 1.165) is 10.0 Å². The van der Waals surface area contributed by atoms with Gasteiger partial charge in [-0.25, -0.2) is 9.59 Å². The normalized spacial score (nSPS) is 20.4. The molecule has 2 unspecified atom stereocenters. The molecule has 29 heavy (non-hydrogen) atoms. The van der Waals surface area contributed by atoms with E-state index in [1.807, 2.05) is 60.6 Å². The Bertz CT molecular complexity index is 753. The largest absolute Gasteiger partial charge is 0.444 e. The van der Waals surface area contributed by atoms with Gasteiger partial charge in [0.05, 0.1) is 12.1 Å². The molecule has 1 aromatic rings. The highest BCUT2D eigenvalue weighted by Crippen LogP contribution is 2.35. The third-order valence-corrected chi connectivity index (χ3v) is 5.02. The summed E-state index contributed by atoms with van der Waals surface area (Å²) in [4.78, 5) is 29.0. The van der Waals surface area contributed by atoms with Crippen molar-refractivity contribution in [3.63, 3.8) is 0 Å². The number of hydrogen-bond acceptors (Lipinski definition) is 4. The molecule has 1 heterocycles. The van der Waals surface area contributed by atoms with E-state index in [1.165, 1.54) is 0 Å². The van der Waals surface area contributed by atoms with Crippen LogP contribution in [0.3, 0.4) is 0 Å². The van der Waals surface area contributed by atoms with Crippen molar-refractivity contribution in [2.24, 2.45) is 0 Å². The summed E-state index contributed by atoms with van der Waals surface area (Å²) in [5, 5.41) is 0.542. The minimum absolute atomic E-state index is 0.327. The van der Waals surface area contributed by atoms with E-state index in [1.54, 1.807) is 15.9 Å². The van der Waals surface area contributed by atoms with Crippen molar-refractivity contribution in [2.75, 3.05) is 13.1 Å². The van der Waals surface area contributed by atoms with E-state index in [0.29, 0.717) is 18.1 Å². The maximum absolute atomic E-state index is 12.9. The molecule has 1 aromatic carbocycles. The van der Waals surface area contributed by atoms with Crippen molar-refractivity contribution >= 4 is 39.7 Å². The van der Waals surface area contributed by atoms with E-state index in [4.69, 9.17) is 21.1 Å². The number of benzene rings is 1. The van der Waals surface area contributed by atoms with Gasteiger partial charge in [-0.15, -0.1) is 0 Å². The van der Waals surface area contributed by atoms with E-state index in [-0.39, 0.29) is 6.04 Å². The molecule has 0 radical (unpaired) electrons. The average Bonchev–Trinajstić information content (AvgIpc) is 2.49. The Morgan fingerprint density at radius 3 is 1.93 bits per heavy atom. The maximum atomic E-state index is 12.9. The van der Waals surface area contributed by atoms with Gasteiger partial charge in [-0.2, -0.15) is 0 Å². The number of ether oxygens (including phenoxy) is 2. The lowest BCUT2D eigenvalue weighted by atomic mass is 9.95. The zero-order valence-electron chi connectivity index (χ0n) is 18.1. The highest BCUT2D eigenvalue weighted by molar-refractivity contribution is 9.10. The van der Waals surface area contributed by atoms with Gasteiger partial charge in [0.2, 0.25) is 0 Å². The summed E-state index contributed by atoms with van der Waals surface area (Å²) in [6.07, 6.45) is -0.825. The molecule has 2 rings (SSSR count). The van der Waals surface area contributed by atoms with Gasteiger partial charge < -0.3 is 14.4 Å². The number of hydrogen-bond donors (Lipinski definition) is 0. The summed E-state index contributed by atoms with van der Waals surface area (Å²) in [7, 11) is 0. The van der Waals surface area contributed by atoms with Gasteiger partial charge in [-0.05, 0) is 72.2 Å². The van der Waals surface area contributed by atoms with Crippen molar-refractivity contribution < 1.29 is 19.1 Å². The topological polar surface area (TPSA) is 59.1 Å². The molecular weight excluding hydrogens is 460 g/mol. The quantitative estimate of drug-likeness (QED) is 0.484. The number of amides is 2. The van der Waals surface area contributed by atoms with Crippen molar-refractivity contribution in [2.45, 2.75) is 71.8 Å². The first kappa shape index (κ1) is 23.8. The third-order valence-electron chi connectivity index (χ3n) is 4.35. The molecular formula is C21H30BrClN2O4. The van der Waals surface area contributed by atoms with E-state index >= 15 is 0 Å². The Kier molecular flexibility index (Phi) is 7.16.